The first-order valence-electron chi connectivity index (χ1n) is 6.52. The highest BCUT2D eigenvalue weighted by atomic mass is 15.2. The SMILES string of the molecule is NCC1=CCN(C2CCCCCC2)CC1. The van der Waals surface area contributed by atoms with Crippen LogP contribution >= 0.6 is 0 Å². The summed E-state index contributed by atoms with van der Waals surface area (Å²) in [5.41, 5.74) is 7.12. The first-order chi connectivity index (χ1) is 7.40. The molecule has 0 atom stereocenters. The van der Waals surface area contributed by atoms with E-state index >= 15 is 0 Å². The lowest BCUT2D eigenvalue weighted by Gasteiger charge is -2.33. The summed E-state index contributed by atoms with van der Waals surface area (Å²) in [6.45, 7) is 3.16. The van der Waals surface area contributed by atoms with Crippen molar-refractivity contribution in [2.45, 2.75) is 51.0 Å². The van der Waals surface area contributed by atoms with E-state index in [1.54, 1.807) is 0 Å². The summed E-state index contributed by atoms with van der Waals surface area (Å²) >= 11 is 0. The van der Waals surface area contributed by atoms with Gasteiger partial charge in [0.25, 0.3) is 0 Å². The molecule has 0 aromatic heterocycles. The van der Waals surface area contributed by atoms with Crippen LogP contribution < -0.4 is 5.73 Å². The van der Waals surface area contributed by atoms with Crippen molar-refractivity contribution in [3.05, 3.63) is 11.6 Å². The van der Waals surface area contributed by atoms with E-state index in [0.717, 1.165) is 19.1 Å². The summed E-state index contributed by atoms with van der Waals surface area (Å²) in [4.78, 5) is 2.67. The van der Waals surface area contributed by atoms with Gasteiger partial charge >= 0.3 is 0 Å². The fourth-order valence-electron chi connectivity index (χ4n) is 2.87. The summed E-state index contributed by atoms with van der Waals surface area (Å²) in [5, 5.41) is 0. The highest BCUT2D eigenvalue weighted by molar-refractivity contribution is 5.09. The number of hydrogen-bond acceptors (Lipinski definition) is 2. The van der Waals surface area contributed by atoms with Gasteiger partial charge in [0.05, 0.1) is 0 Å². The lowest BCUT2D eigenvalue weighted by molar-refractivity contribution is 0.192. The molecule has 0 spiro atoms. The fraction of sp³-hybridized carbons (Fsp3) is 0.846. The second-order valence-electron chi connectivity index (χ2n) is 4.96. The molecule has 1 aliphatic heterocycles. The third-order valence-electron chi connectivity index (χ3n) is 3.94. The van der Waals surface area contributed by atoms with Gasteiger partial charge in [-0.25, -0.2) is 0 Å². The third kappa shape index (κ3) is 3.05. The van der Waals surface area contributed by atoms with Gasteiger partial charge in [-0.05, 0) is 19.3 Å². The van der Waals surface area contributed by atoms with Crippen molar-refractivity contribution in [2.24, 2.45) is 5.73 Å². The average Bonchev–Trinajstić information content (AvgIpc) is 2.58. The zero-order valence-corrected chi connectivity index (χ0v) is 9.75. The van der Waals surface area contributed by atoms with Crippen LogP contribution in [0.15, 0.2) is 11.6 Å². The van der Waals surface area contributed by atoms with Crippen molar-refractivity contribution in [2.75, 3.05) is 19.6 Å². The Morgan fingerprint density at radius 2 is 1.93 bits per heavy atom. The summed E-state index contributed by atoms with van der Waals surface area (Å²) in [7, 11) is 0. The summed E-state index contributed by atoms with van der Waals surface area (Å²) < 4.78 is 0. The van der Waals surface area contributed by atoms with Gasteiger partial charge in [0, 0.05) is 25.7 Å². The van der Waals surface area contributed by atoms with E-state index in [9.17, 15) is 0 Å². The molecular weight excluding hydrogens is 184 g/mol. The minimum atomic E-state index is 0.762. The van der Waals surface area contributed by atoms with Gasteiger partial charge in [0.15, 0.2) is 0 Å². The molecule has 2 heteroatoms. The molecule has 2 N–H and O–H groups in total. The van der Waals surface area contributed by atoms with Crippen molar-refractivity contribution in [3.63, 3.8) is 0 Å². The molecule has 0 amide bonds. The third-order valence-corrected chi connectivity index (χ3v) is 3.94. The lowest BCUT2D eigenvalue weighted by Crippen LogP contribution is -2.38. The molecule has 0 aromatic carbocycles. The van der Waals surface area contributed by atoms with E-state index in [-0.39, 0.29) is 0 Å². The van der Waals surface area contributed by atoms with E-state index in [1.807, 2.05) is 0 Å². The number of nitrogens with zero attached hydrogens (tertiary/aromatic N) is 1. The van der Waals surface area contributed by atoms with Crippen LogP contribution in [0.1, 0.15) is 44.9 Å². The zero-order chi connectivity index (χ0) is 10.5. The topological polar surface area (TPSA) is 29.3 Å². The largest absolute Gasteiger partial charge is 0.327 e. The van der Waals surface area contributed by atoms with Gasteiger partial charge in [0.1, 0.15) is 0 Å². The van der Waals surface area contributed by atoms with Crippen LogP contribution in [0.4, 0.5) is 0 Å². The van der Waals surface area contributed by atoms with Gasteiger partial charge in [0.2, 0.25) is 0 Å². The predicted octanol–water partition coefficient (Wildman–Crippen LogP) is 2.30. The molecular formula is C13H24N2. The minimum Gasteiger partial charge on any atom is -0.327 e. The number of hydrogen-bond donors (Lipinski definition) is 1. The van der Waals surface area contributed by atoms with Gasteiger partial charge in [-0.1, -0.05) is 37.3 Å². The molecule has 1 heterocycles. The maximum Gasteiger partial charge on any atom is 0.0169 e. The second kappa shape index (κ2) is 5.66. The smallest absolute Gasteiger partial charge is 0.0169 e. The quantitative estimate of drug-likeness (QED) is 0.557. The molecule has 0 bridgehead atoms. The highest BCUT2D eigenvalue weighted by Crippen LogP contribution is 2.24. The average molecular weight is 208 g/mol. The molecule has 15 heavy (non-hydrogen) atoms. The van der Waals surface area contributed by atoms with Crippen LogP contribution in [-0.4, -0.2) is 30.6 Å². The highest BCUT2D eigenvalue weighted by Gasteiger charge is 2.21. The monoisotopic (exact) mass is 208 g/mol. The van der Waals surface area contributed by atoms with Crippen LogP contribution in [-0.2, 0) is 0 Å². The van der Waals surface area contributed by atoms with Crippen molar-refractivity contribution < 1.29 is 0 Å². The van der Waals surface area contributed by atoms with E-state index in [4.69, 9.17) is 5.73 Å². The predicted molar refractivity (Wildman–Crippen MR) is 64.8 cm³/mol. The maximum absolute atomic E-state index is 5.67. The Labute approximate surface area is 93.5 Å². The molecule has 1 aliphatic carbocycles. The Morgan fingerprint density at radius 3 is 2.47 bits per heavy atom. The molecule has 0 radical (unpaired) electrons. The molecule has 1 saturated carbocycles. The van der Waals surface area contributed by atoms with E-state index in [0.29, 0.717) is 0 Å². The van der Waals surface area contributed by atoms with Crippen LogP contribution in [0.3, 0.4) is 0 Å². The second-order valence-corrected chi connectivity index (χ2v) is 4.96. The Hall–Kier alpha value is -0.340. The normalized spacial score (nSPS) is 26.1. The van der Waals surface area contributed by atoms with Crippen molar-refractivity contribution >= 4 is 0 Å². The summed E-state index contributed by atoms with van der Waals surface area (Å²) in [5.74, 6) is 0. The Kier molecular flexibility index (Phi) is 4.21. The fourth-order valence-corrected chi connectivity index (χ4v) is 2.87. The van der Waals surface area contributed by atoms with Crippen molar-refractivity contribution in [1.29, 1.82) is 0 Å². The van der Waals surface area contributed by atoms with Crippen LogP contribution in [0.2, 0.25) is 0 Å². The zero-order valence-electron chi connectivity index (χ0n) is 9.75. The first-order valence-corrected chi connectivity index (χ1v) is 6.52. The van der Waals surface area contributed by atoms with Crippen molar-refractivity contribution in [1.82, 2.24) is 4.90 Å². The Bertz CT molecular complexity index is 215. The lowest BCUT2D eigenvalue weighted by atomic mass is 10.0. The summed E-state index contributed by atoms with van der Waals surface area (Å²) in [6.07, 6.45) is 12.2. The molecule has 0 unspecified atom stereocenters. The van der Waals surface area contributed by atoms with Gasteiger partial charge in [-0.2, -0.15) is 0 Å². The summed E-state index contributed by atoms with van der Waals surface area (Å²) in [6, 6.07) is 0.864. The van der Waals surface area contributed by atoms with Crippen LogP contribution in [0.5, 0.6) is 0 Å². The molecule has 2 aliphatic rings. The standard InChI is InChI=1S/C13H24N2/c14-11-12-7-9-15(10-8-12)13-5-3-1-2-4-6-13/h7,13H,1-6,8-11,14H2. The number of nitrogens with two attached hydrogens (primary N) is 1. The minimum absolute atomic E-state index is 0.762. The molecule has 0 aromatic rings. The van der Waals surface area contributed by atoms with Crippen LogP contribution in [0, 0.1) is 0 Å². The van der Waals surface area contributed by atoms with E-state index < -0.39 is 0 Å². The molecule has 0 saturated heterocycles. The maximum atomic E-state index is 5.67. The van der Waals surface area contributed by atoms with Gasteiger partial charge < -0.3 is 5.73 Å². The molecule has 86 valence electrons. The Balaban J connectivity index is 1.86. The van der Waals surface area contributed by atoms with Gasteiger partial charge in [-0.3, -0.25) is 4.90 Å². The first kappa shape index (κ1) is 11.2. The van der Waals surface area contributed by atoms with Gasteiger partial charge in [-0.15, -0.1) is 0 Å². The van der Waals surface area contributed by atoms with Crippen LogP contribution in [0.25, 0.3) is 0 Å². The molecule has 2 rings (SSSR count). The molecule has 2 nitrogen and oxygen atoms in total. The Morgan fingerprint density at radius 1 is 1.20 bits per heavy atom. The van der Waals surface area contributed by atoms with E-state index in [2.05, 4.69) is 11.0 Å². The number of rotatable bonds is 2. The molecule has 1 fully saturated rings. The van der Waals surface area contributed by atoms with E-state index in [1.165, 1.54) is 57.1 Å². The van der Waals surface area contributed by atoms with Crippen molar-refractivity contribution in [3.8, 4) is 0 Å².